The molecule has 6 heteroatoms. The van der Waals surface area contributed by atoms with E-state index in [4.69, 9.17) is 5.73 Å². The SMILES string of the molecule is NC(Cc1ccc(F)cc1F)c1ccccc1C(F)(F)F. The number of nitrogens with two attached hydrogens (primary N) is 1. The number of alkyl halides is 3. The minimum atomic E-state index is -4.53. The lowest BCUT2D eigenvalue weighted by atomic mass is 9.95. The van der Waals surface area contributed by atoms with Crippen LogP contribution in [-0.2, 0) is 12.6 Å². The summed E-state index contributed by atoms with van der Waals surface area (Å²) in [5.74, 6) is -1.57. The zero-order valence-corrected chi connectivity index (χ0v) is 10.8. The maximum atomic E-state index is 13.5. The molecular formula is C15H12F5N. The largest absolute Gasteiger partial charge is 0.416 e. The van der Waals surface area contributed by atoms with Crippen LogP contribution in [0.4, 0.5) is 22.0 Å². The van der Waals surface area contributed by atoms with Gasteiger partial charge in [0.25, 0.3) is 0 Å². The van der Waals surface area contributed by atoms with Crippen LogP contribution in [0.5, 0.6) is 0 Å². The summed E-state index contributed by atoms with van der Waals surface area (Å²) in [5, 5.41) is 0. The average Bonchev–Trinajstić information content (AvgIpc) is 2.41. The summed E-state index contributed by atoms with van der Waals surface area (Å²) in [6, 6.07) is 6.75. The quantitative estimate of drug-likeness (QED) is 0.844. The van der Waals surface area contributed by atoms with Crippen LogP contribution < -0.4 is 5.73 Å². The summed E-state index contributed by atoms with van der Waals surface area (Å²) < 4.78 is 65.1. The van der Waals surface area contributed by atoms with Crippen molar-refractivity contribution in [2.75, 3.05) is 0 Å². The van der Waals surface area contributed by atoms with Crippen LogP contribution >= 0.6 is 0 Å². The Labute approximate surface area is 118 Å². The highest BCUT2D eigenvalue weighted by Crippen LogP contribution is 2.34. The molecule has 21 heavy (non-hydrogen) atoms. The molecular weight excluding hydrogens is 289 g/mol. The highest BCUT2D eigenvalue weighted by atomic mass is 19.4. The van der Waals surface area contributed by atoms with Gasteiger partial charge in [-0.2, -0.15) is 13.2 Å². The summed E-state index contributed by atoms with van der Waals surface area (Å²) >= 11 is 0. The molecule has 0 amide bonds. The van der Waals surface area contributed by atoms with E-state index in [-0.39, 0.29) is 17.5 Å². The smallest absolute Gasteiger partial charge is 0.324 e. The molecule has 2 aromatic carbocycles. The molecule has 1 nitrogen and oxygen atoms in total. The Morgan fingerprint density at radius 2 is 1.67 bits per heavy atom. The van der Waals surface area contributed by atoms with E-state index < -0.39 is 29.4 Å². The summed E-state index contributed by atoms with van der Waals surface area (Å²) in [7, 11) is 0. The van der Waals surface area contributed by atoms with Gasteiger partial charge < -0.3 is 5.73 Å². The topological polar surface area (TPSA) is 26.0 Å². The Kier molecular flexibility index (Phi) is 4.27. The van der Waals surface area contributed by atoms with Gasteiger partial charge in [-0.15, -0.1) is 0 Å². The third kappa shape index (κ3) is 3.58. The zero-order valence-electron chi connectivity index (χ0n) is 10.8. The lowest BCUT2D eigenvalue weighted by molar-refractivity contribution is -0.138. The van der Waals surface area contributed by atoms with Crippen molar-refractivity contribution in [2.24, 2.45) is 5.73 Å². The molecule has 0 aliphatic rings. The van der Waals surface area contributed by atoms with Crippen molar-refractivity contribution in [1.29, 1.82) is 0 Å². The van der Waals surface area contributed by atoms with Gasteiger partial charge in [-0.3, -0.25) is 0 Å². The van der Waals surface area contributed by atoms with Gasteiger partial charge >= 0.3 is 6.18 Å². The average molecular weight is 301 g/mol. The number of hydrogen-bond donors (Lipinski definition) is 1. The van der Waals surface area contributed by atoms with E-state index in [1.165, 1.54) is 24.3 Å². The molecule has 2 N–H and O–H groups in total. The van der Waals surface area contributed by atoms with E-state index in [9.17, 15) is 22.0 Å². The Morgan fingerprint density at radius 3 is 2.29 bits per heavy atom. The van der Waals surface area contributed by atoms with Crippen molar-refractivity contribution < 1.29 is 22.0 Å². The first-order valence-corrected chi connectivity index (χ1v) is 6.14. The standard InChI is InChI=1S/C15H12F5N/c16-10-6-5-9(13(17)8-10)7-14(21)11-3-1-2-4-12(11)15(18,19)20/h1-6,8,14H,7,21H2. The van der Waals surface area contributed by atoms with Crippen LogP contribution in [0.3, 0.4) is 0 Å². The normalized spacial score (nSPS) is 13.2. The molecule has 112 valence electrons. The fraction of sp³-hybridized carbons (Fsp3) is 0.200. The Bertz CT molecular complexity index is 636. The molecule has 0 radical (unpaired) electrons. The molecule has 0 aliphatic heterocycles. The lowest BCUT2D eigenvalue weighted by Crippen LogP contribution is -2.19. The fourth-order valence-electron chi connectivity index (χ4n) is 2.11. The Hall–Kier alpha value is -1.95. The monoisotopic (exact) mass is 301 g/mol. The Morgan fingerprint density at radius 1 is 1.00 bits per heavy atom. The lowest BCUT2D eigenvalue weighted by Gasteiger charge is -2.18. The van der Waals surface area contributed by atoms with Crippen molar-refractivity contribution in [2.45, 2.75) is 18.6 Å². The number of benzene rings is 2. The van der Waals surface area contributed by atoms with Gasteiger partial charge in [0.05, 0.1) is 5.56 Å². The van der Waals surface area contributed by atoms with Crippen LogP contribution in [0.1, 0.15) is 22.7 Å². The van der Waals surface area contributed by atoms with E-state index in [2.05, 4.69) is 0 Å². The summed E-state index contributed by atoms with van der Waals surface area (Å²) in [6.07, 6.45) is -4.69. The molecule has 0 aromatic heterocycles. The molecule has 2 aromatic rings. The van der Waals surface area contributed by atoms with Crippen molar-refractivity contribution in [3.63, 3.8) is 0 Å². The van der Waals surface area contributed by atoms with Crippen molar-refractivity contribution in [3.05, 3.63) is 70.8 Å². The summed E-state index contributed by atoms with van der Waals surface area (Å²) in [6.45, 7) is 0. The van der Waals surface area contributed by atoms with Gasteiger partial charge in [-0.25, -0.2) is 8.78 Å². The first-order chi connectivity index (χ1) is 9.79. The molecule has 0 aliphatic carbocycles. The van der Waals surface area contributed by atoms with Gasteiger partial charge in [0.2, 0.25) is 0 Å². The van der Waals surface area contributed by atoms with Crippen LogP contribution in [0.25, 0.3) is 0 Å². The minimum Gasteiger partial charge on any atom is -0.324 e. The van der Waals surface area contributed by atoms with Crippen LogP contribution in [-0.4, -0.2) is 0 Å². The van der Waals surface area contributed by atoms with E-state index in [1.54, 1.807) is 0 Å². The summed E-state index contributed by atoms with van der Waals surface area (Å²) in [5.41, 5.74) is 4.88. The van der Waals surface area contributed by atoms with E-state index in [0.717, 1.165) is 12.1 Å². The van der Waals surface area contributed by atoms with Crippen LogP contribution in [0, 0.1) is 11.6 Å². The van der Waals surface area contributed by atoms with Gasteiger partial charge in [0.1, 0.15) is 11.6 Å². The first-order valence-electron chi connectivity index (χ1n) is 6.14. The first kappa shape index (κ1) is 15.4. The maximum absolute atomic E-state index is 13.5. The highest BCUT2D eigenvalue weighted by molar-refractivity contribution is 5.33. The molecule has 1 unspecified atom stereocenters. The van der Waals surface area contributed by atoms with E-state index in [0.29, 0.717) is 6.07 Å². The molecule has 0 fully saturated rings. The predicted octanol–water partition coefficient (Wildman–Crippen LogP) is 4.23. The number of rotatable bonds is 3. The molecule has 0 spiro atoms. The second-order valence-electron chi connectivity index (χ2n) is 4.63. The molecule has 0 bridgehead atoms. The van der Waals surface area contributed by atoms with E-state index in [1.807, 2.05) is 0 Å². The van der Waals surface area contributed by atoms with Crippen LogP contribution in [0.2, 0.25) is 0 Å². The predicted molar refractivity (Wildman–Crippen MR) is 68.4 cm³/mol. The second kappa shape index (κ2) is 5.81. The maximum Gasteiger partial charge on any atom is 0.416 e. The van der Waals surface area contributed by atoms with Crippen molar-refractivity contribution >= 4 is 0 Å². The van der Waals surface area contributed by atoms with Crippen molar-refractivity contribution in [3.8, 4) is 0 Å². The molecule has 1 atom stereocenters. The molecule has 2 rings (SSSR count). The highest BCUT2D eigenvalue weighted by Gasteiger charge is 2.34. The summed E-state index contributed by atoms with van der Waals surface area (Å²) in [4.78, 5) is 0. The van der Waals surface area contributed by atoms with Gasteiger partial charge in [0, 0.05) is 12.1 Å². The minimum absolute atomic E-state index is 0.0703. The zero-order chi connectivity index (χ0) is 15.6. The number of halogens is 5. The fourth-order valence-corrected chi connectivity index (χ4v) is 2.11. The van der Waals surface area contributed by atoms with Gasteiger partial charge in [-0.05, 0) is 29.7 Å². The van der Waals surface area contributed by atoms with Crippen LogP contribution in [0.15, 0.2) is 42.5 Å². The molecule has 0 saturated carbocycles. The van der Waals surface area contributed by atoms with E-state index >= 15 is 0 Å². The third-order valence-corrected chi connectivity index (χ3v) is 3.12. The van der Waals surface area contributed by atoms with Gasteiger partial charge in [-0.1, -0.05) is 24.3 Å². The number of hydrogen-bond acceptors (Lipinski definition) is 1. The third-order valence-electron chi connectivity index (χ3n) is 3.12. The Balaban J connectivity index is 2.31. The van der Waals surface area contributed by atoms with Crippen molar-refractivity contribution in [1.82, 2.24) is 0 Å². The van der Waals surface area contributed by atoms with Gasteiger partial charge in [0.15, 0.2) is 0 Å². The second-order valence-corrected chi connectivity index (χ2v) is 4.63. The molecule has 0 heterocycles. The molecule has 0 saturated heterocycles.